The predicted octanol–water partition coefficient (Wildman–Crippen LogP) is 1.74. The van der Waals surface area contributed by atoms with Gasteiger partial charge in [-0.2, -0.15) is 0 Å². The third-order valence-corrected chi connectivity index (χ3v) is 2.93. The van der Waals surface area contributed by atoms with Gasteiger partial charge in [-0.15, -0.1) is 0 Å². The molecule has 0 atom stereocenters. The Morgan fingerprint density at radius 2 is 1.89 bits per heavy atom. The van der Waals surface area contributed by atoms with Crippen molar-refractivity contribution in [2.45, 2.75) is 6.61 Å². The summed E-state index contributed by atoms with van der Waals surface area (Å²) in [5, 5.41) is 18.4. The van der Waals surface area contributed by atoms with Crippen molar-refractivity contribution in [2.75, 3.05) is 0 Å². The van der Waals surface area contributed by atoms with Crippen LogP contribution in [0.2, 0.25) is 5.02 Å². The third-order valence-electron chi connectivity index (χ3n) is 2.62. The minimum Gasteiger partial charge on any atom is -0.489 e. The molecule has 0 unspecified atom stereocenters. The van der Waals surface area contributed by atoms with E-state index in [9.17, 15) is 14.4 Å². The maximum Gasteiger partial charge on any atom is 0.488 e. The second-order valence-electron chi connectivity index (χ2n) is 3.94. The molecule has 0 saturated carbocycles. The third kappa shape index (κ3) is 3.47. The molecule has 0 saturated heterocycles. The van der Waals surface area contributed by atoms with Crippen LogP contribution in [0.4, 0.5) is 4.39 Å². The number of halogens is 2. The van der Waals surface area contributed by atoms with Crippen LogP contribution in [0.1, 0.15) is 5.56 Å². The van der Waals surface area contributed by atoms with Gasteiger partial charge in [0, 0.05) is 6.07 Å². The Hall–Kier alpha value is -1.56. The van der Waals surface area contributed by atoms with Crippen LogP contribution in [0.5, 0.6) is 5.75 Å². The fourth-order valence-electron chi connectivity index (χ4n) is 1.65. The first kappa shape index (κ1) is 13.9. The van der Waals surface area contributed by atoms with Crippen molar-refractivity contribution in [3.8, 4) is 5.75 Å². The SMILES string of the molecule is OB(O)c1ccccc1COc1ccc(Cl)c(F)c1. The summed E-state index contributed by atoms with van der Waals surface area (Å²) in [6, 6.07) is 10.9. The lowest BCUT2D eigenvalue weighted by Crippen LogP contribution is -2.33. The summed E-state index contributed by atoms with van der Waals surface area (Å²) in [7, 11) is -1.57. The Kier molecular flexibility index (Phi) is 4.42. The van der Waals surface area contributed by atoms with E-state index in [1.54, 1.807) is 30.3 Å². The number of ether oxygens (including phenoxy) is 1. The largest absolute Gasteiger partial charge is 0.489 e. The van der Waals surface area contributed by atoms with Gasteiger partial charge in [0.05, 0.1) is 5.02 Å². The highest BCUT2D eigenvalue weighted by Gasteiger charge is 2.15. The highest BCUT2D eigenvalue weighted by molar-refractivity contribution is 6.59. The van der Waals surface area contributed by atoms with Gasteiger partial charge < -0.3 is 14.8 Å². The molecular weight excluding hydrogens is 269 g/mol. The summed E-state index contributed by atoms with van der Waals surface area (Å²) < 4.78 is 18.6. The van der Waals surface area contributed by atoms with Crippen LogP contribution in [0, 0.1) is 5.82 Å². The van der Waals surface area contributed by atoms with Crippen molar-refractivity contribution in [3.05, 3.63) is 58.9 Å². The minimum absolute atomic E-state index is 0.0264. The second-order valence-corrected chi connectivity index (χ2v) is 4.34. The van der Waals surface area contributed by atoms with E-state index in [0.29, 0.717) is 16.8 Å². The molecule has 2 aromatic rings. The van der Waals surface area contributed by atoms with Gasteiger partial charge in [-0.3, -0.25) is 0 Å². The van der Waals surface area contributed by atoms with E-state index in [-0.39, 0.29) is 11.6 Å². The maximum atomic E-state index is 13.2. The summed E-state index contributed by atoms with van der Waals surface area (Å²) in [6.07, 6.45) is 0. The van der Waals surface area contributed by atoms with Gasteiger partial charge in [-0.25, -0.2) is 4.39 Å². The molecule has 0 radical (unpaired) electrons. The van der Waals surface area contributed by atoms with Gasteiger partial charge >= 0.3 is 7.12 Å². The van der Waals surface area contributed by atoms with E-state index in [1.807, 2.05) is 0 Å². The van der Waals surface area contributed by atoms with Gasteiger partial charge in [0.25, 0.3) is 0 Å². The van der Waals surface area contributed by atoms with Crippen LogP contribution in [0.15, 0.2) is 42.5 Å². The van der Waals surface area contributed by atoms with Crippen LogP contribution < -0.4 is 10.2 Å². The second kappa shape index (κ2) is 6.06. The van der Waals surface area contributed by atoms with Gasteiger partial charge in [0.1, 0.15) is 18.2 Å². The molecule has 0 aliphatic heterocycles. The molecule has 0 aliphatic carbocycles. The zero-order valence-electron chi connectivity index (χ0n) is 9.88. The van der Waals surface area contributed by atoms with Crippen LogP contribution in [0.3, 0.4) is 0 Å². The summed E-state index contributed by atoms with van der Waals surface area (Å²) in [6.45, 7) is 0.106. The van der Waals surface area contributed by atoms with Crippen LogP contribution in [-0.4, -0.2) is 17.2 Å². The van der Waals surface area contributed by atoms with Gasteiger partial charge in [0.15, 0.2) is 0 Å². The van der Waals surface area contributed by atoms with Crippen molar-refractivity contribution in [1.29, 1.82) is 0 Å². The molecule has 0 aromatic heterocycles. The van der Waals surface area contributed by atoms with Crippen LogP contribution in [0.25, 0.3) is 0 Å². The highest BCUT2D eigenvalue weighted by atomic mass is 35.5. The Labute approximate surface area is 115 Å². The fraction of sp³-hybridized carbons (Fsp3) is 0.0769. The molecule has 0 amide bonds. The van der Waals surface area contributed by atoms with Gasteiger partial charge in [0.2, 0.25) is 0 Å². The molecule has 0 spiro atoms. The number of rotatable bonds is 4. The predicted molar refractivity (Wildman–Crippen MR) is 72.0 cm³/mol. The quantitative estimate of drug-likeness (QED) is 0.839. The van der Waals surface area contributed by atoms with Crippen molar-refractivity contribution in [3.63, 3.8) is 0 Å². The van der Waals surface area contributed by atoms with Crippen molar-refractivity contribution in [2.24, 2.45) is 0 Å². The summed E-state index contributed by atoms with van der Waals surface area (Å²) in [5.74, 6) is -0.237. The van der Waals surface area contributed by atoms with E-state index < -0.39 is 12.9 Å². The summed E-state index contributed by atoms with van der Waals surface area (Å²) in [4.78, 5) is 0. The lowest BCUT2D eigenvalue weighted by Gasteiger charge is -2.10. The molecule has 2 aromatic carbocycles. The van der Waals surface area contributed by atoms with Crippen molar-refractivity contribution in [1.82, 2.24) is 0 Å². The van der Waals surface area contributed by atoms with Crippen LogP contribution >= 0.6 is 11.6 Å². The maximum absolute atomic E-state index is 13.2. The molecule has 0 fully saturated rings. The van der Waals surface area contributed by atoms with E-state index in [1.165, 1.54) is 12.1 Å². The normalized spacial score (nSPS) is 10.3. The van der Waals surface area contributed by atoms with Gasteiger partial charge in [-0.1, -0.05) is 35.9 Å². The van der Waals surface area contributed by atoms with Crippen molar-refractivity contribution >= 4 is 24.2 Å². The van der Waals surface area contributed by atoms with Gasteiger partial charge in [-0.05, 0) is 23.2 Å². The van der Waals surface area contributed by atoms with E-state index in [2.05, 4.69) is 0 Å². The topological polar surface area (TPSA) is 49.7 Å². The van der Waals surface area contributed by atoms with E-state index in [0.717, 1.165) is 0 Å². The molecule has 0 bridgehead atoms. The first-order valence-corrected chi connectivity index (χ1v) is 5.97. The Morgan fingerprint density at radius 1 is 1.16 bits per heavy atom. The van der Waals surface area contributed by atoms with E-state index >= 15 is 0 Å². The lowest BCUT2D eigenvalue weighted by atomic mass is 9.77. The smallest absolute Gasteiger partial charge is 0.488 e. The summed E-state index contributed by atoms with van der Waals surface area (Å²) in [5.41, 5.74) is 0.977. The van der Waals surface area contributed by atoms with Crippen LogP contribution in [-0.2, 0) is 6.61 Å². The molecule has 6 heteroatoms. The zero-order valence-corrected chi connectivity index (χ0v) is 10.6. The fourth-order valence-corrected chi connectivity index (χ4v) is 1.76. The first-order valence-electron chi connectivity index (χ1n) is 5.59. The van der Waals surface area contributed by atoms with Crippen molar-refractivity contribution < 1.29 is 19.2 Å². The Morgan fingerprint density at radius 3 is 2.58 bits per heavy atom. The molecule has 2 N–H and O–H groups in total. The first-order chi connectivity index (χ1) is 9.08. The molecule has 98 valence electrons. The average Bonchev–Trinajstić information content (AvgIpc) is 2.40. The number of hydrogen-bond acceptors (Lipinski definition) is 3. The Bertz CT molecular complexity index is 578. The average molecular weight is 280 g/mol. The number of benzene rings is 2. The standard InChI is InChI=1S/C13H11BClFO3/c15-12-6-5-10(7-13(12)16)19-8-9-3-1-2-4-11(9)14(17)18/h1-7,17-18H,8H2. The monoisotopic (exact) mass is 280 g/mol. The molecule has 0 aliphatic rings. The van der Waals surface area contributed by atoms with E-state index in [4.69, 9.17) is 16.3 Å². The zero-order chi connectivity index (χ0) is 13.8. The molecule has 0 heterocycles. The molecule has 2 rings (SSSR count). The minimum atomic E-state index is -1.57. The Balaban J connectivity index is 2.12. The number of hydrogen-bond donors (Lipinski definition) is 2. The lowest BCUT2D eigenvalue weighted by molar-refractivity contribution is 0.304. The highest BCUT2D eigenvalue weighted by Crippen LogP contribution is 2.21. The molecule has 3 nitrogen and oxygen atoms in total. The molecule has 19 heavy (non-hydrogen) atoms. The summed E-state index contributed by atoms with van der Waals surface area (Å²) >= 11 is 5.57. The molecular formula is C13H11BClFO3.